The number of pyridine rings is 1. The highest BCUT2D eigenvalue weighted by Crippen LogP contribution is 2.42. The fourth-order valence-corrected chi connectivity index (χ4v) is 3.76. The third kappa shape index (κ3) is 2.43. The molecular formula is C20H13IN2O. The molecule has 0 saturated heterocycles. The number of nitrogens with zero attached hydrogens (tertiary/aromatic N) is 2. The second kappa shape index (κ2) is 6.20. The summed E-state index contributed by atoms with van der Waals surface area (Å²) in [5.41, 5.74) is 4.40. The van der Waals surface area contributed by atoms with E-state index in [2.05, 4.69) is 39.7 Å². The summed E-state index contributed by atoms with van der Waals surface area (Å²) in [5, 5.41) is 0. The molecular weight excluding hydrogens is 411 g/mol. The van der Waals surface area contributed by atoms with Crippen LogP contribution in [-0.2, 0) is 0 Å². The van der Waals surface area contributed by atoms with E-state index >= 15 is 0 Å². The van der Waals surface area contributed by atoms with Crippen molar-refractivity contribution in [2.75, 3.05) is 4.90 Å². The third-order valence-electron chi connectivity index (χ3n) is 3.98. The minimum absolute atomic E-state index is 0.0151. The molecule has 1 amide bonds. The lowest BCUT2D eigenvalue weighted by atomic mass is 10.1. The van der Waals surface area contributed by atoms with Gasteiger partial charge in [0.2, 0.25) is 0 Å². The van der Waals surface area contributed by atoms with Gasteiger partial charge in [0.05, 0.1) is 11.3 Å². The number of amides is 1. The number of carbonyl (C=O) groups excluding carboxylic acids is 1. The Morgan fingerprint density at radius 1 is 0.875 bits per heavy atom. The highest BCUT2D eigenvalue weighted by atomic mass is 127. The van der Waals surface area contributed by atoms with Gasteiger partial charge in [0.15, 0.2) is 0 Å². The first kappa shape index (κ1) is 15.1. The summed E-state index contributed by atoms with van der Waals surface area (Å²) in [6.45, 7) is 0. The Morgan fingerprint density at radius 3 is 2.25 bits per heavy atom. The van der Waals surface area contributed by atoms with Crippen molar-refractivity contribution in [3.05, 3.63) is 95.8 Å². The van der Waals surface area contributed by atoms with E-state index in [-0.39, 0.29) is 5.91 Å². The summed E-state index contributed by atoms with van der Waals surface area (Å²) in [7, 11) is 0. The average Bonchev–Trinajstić information content (AvgIpc) is 2.95. The third-order valence-corrected chi connectivity index (χ3v) is 5.12. The molecule has 0 aliphatic carbocycles. The Bertz CT molecular complexity index is 936. The topological polar surface area (TPSA) is 33.2 Å². The van der Waals surface area contributed by atoms with E-state index in [9.17, 15) is 4.79 Å². The minimum Gasteiger partial charge on any atom is -0.275 e. The molecule has 4 heteroatoms. The van der Waals surface area contributed by atoms with Crippen molar-refractivity contribution in [1.29, 1.82) is 0 Å². The fraction of sp³-hybridized carbons (Fsp3) is 0. The van der Waals surface area contributed by atoms with Gasteiger partial charge in [-0.3, -0.25) is 14.7 Å². The van der Waals surface area contributed by atoms with Gasteiger partial charge < -0.3 is 0 Å². The van der Waals surface area contributed by atoms with E-state index in [0.717, 1.165) is 26.1 Å². The SMILES string of the molecule is O=C1c2ccncc2/C(=C(/I)c2ccccc2)N1c1ccccc1. The second-order valence-electron chi connectivity index (χ2n) is 5.43. The van der Waals surface area contributed by atoms with Crippen LogP contribution in [0.25, 0.3) is 9.28 Å². The van der Waals surface area contributed by atoms with Gasteiger partial charge in [-0.15, -0.1) is 0 Å². The molecule has 3 nitrogen and oxygen atoms in total. The van der Waals surface area contributed by atoms with Gasteiger partial charge in [-0.05, 0) is 46.4 Å². The summed E-state index contributed by atoms with van der Waals surface area (Å²) in [6, 6.07) is 21.6. The zero-order chi connectivity index (χ0) is 16.5. The molecule has 0 unspecified atom stereocenters. The standard InChI is InChI=1S/C20H13IN2O/c21-18(14-7-3-1-4-8-14)19-17-13-22-12-11-16(17)20(24)23(19)15-9-5-2-6-10-15/h1-13H/b19-18-. The van der Waals surface area contributed by atoms with Crippen molar-refractivity contribution in [3.8, 4) is 0 Å². The summed E-state index contributed by atoms with van der Waals surface area (Å²) < 4.78 is 1.03. The van der Waals surface area contributed by atoms with Gasteiger partial charge in [-0.1, -0.05) is 48.5 Å². The maximum atomic E-state index is 13.0. The van der Waals surface area contributed by atoms with Gasteiger partial charge in [0, 0.05) is 27.2 Å². The van der Waals surface area contributed by atoms with Gasteiger partial charge in [0.25, 0.3) is 5.91 Å². The number of carbonyl (C=O) groups is 1. The molecule has 0 atom stereocenters. The van der Waals surface area contributed by atoms with E-state index < -0.39 is 0 Å². The fourth-order valence-electron chi connectivity index (χ4n) is 2.87. The van der Waals surface area contributed by atoms with Crippen molar-refractivity contribution in [3.63, 3.8) is 0 Å². The molecule has 0 fully saturated rings. The summed E-state index contributed by atoms with van der Waals surface area (Å²) in [5.74, 6) is -0.0151. The number of aromatic nitrogens is 1. The largest absolute Gasteiger partial charge is 0.275 e. The van der Waals surface area contributed by atoms with Crippen molar-refractivity contribution in [1.82, 2.24) is 4.98 Å². The molecule has 4 rings (SSSR count). The maximum Gasteiger partial charge on any atom is 0.263 e. The van der Waals surface area contributed by atoms with Crippen LogP contribution in [0.1, 0.15) is 21.5 Å². The quantitative estimate of drug-likeness (QED) is 0.543. The molecule has 2 heterocycles. The highest BCUT2D eigenvalue weighted by molar-refractivity contribution is 14.1. The molecule has 1 aromatic heterocycles. The van der Waals surface area contributed by atoms with Gasteiger partial charge in [0.1, 0.15) is 0 Å². The van der Waals surface area contributed by atoms with Crippen LogP contribution in [0.15, 0.2) is 79.1 Å². The van der Waals surface area contributed by atoms with Crippen LogP contribution in [0.5, 0.6) is 0 Å². The number of para-hydroxylation sites is 1. The number of hydrogen-bond acceptors (Lipinski definition) is 2. The Hall–Kier alpha value is -2.47. The summed E-state index contributed by atoms with van der Waals surface area (Å²) >= 11 is 2.32. The predicted octanol–water partition coefficient (Wildman–Crippen LogP) is 5.00. The molecule has 1 aliphatic heterocycles. The van der Waals surface area contributed by atoms with Crippen LogP contribution < -0.4 is 4.90 Å². The van der Waals surface area contributed by atoms with Crippen LogP contribution in [0, 0.1) is 0 Å². The second-order valence-corrected chi connectivity index (χ2v) is 6.50. The molecule has 2 aromatic carbocycles. The number of fused-ring (bicyclic) bond motifs is 1. The minimum atomic E-state index is -0.0151. The Kier molecular flexibility index (Phi) is 3.90. The first-order valence-electron chi connectivity index (χ1n) is 7.56. The Balaban J connectivity index is 1.99. The molecule has 0 saturated carbocycles. The van der Waals surface area contributed by atoms with Crippen molar-refractivity contribution in [2.45, 2.75) is 0 Å². The number of halogens is 1. The van der Waals surface area contributed by atoms with Crippen LogP contribution in [0.2, 0.25) is 0 Å². The first-order chi connectivity index (χ1) is 11.8. The molecule has 0 spiro atoms. The average molecular weight is 424 g/mol. The lowest BCUT2D eigenvalue weighted by Gasteiger charge is -2.20. The summed E-state index contributed by atoms with van der Waals surface area (Å²) in [6.07, 6.45) is 3.44. The van der Waals surface area contributed by atoms with Gasteiger partial charge in [-0.2, -0.15) is 0 Å². The first-order valence-corrected chi connectivity index (χ1v) is 8.64. The Morgan fingerprint density at radius 2 is 1.54 bits per heavy atom. The molecule has 0 N–H and O–H groups in total. The maximum absolute atomic E-state index is 13.0. The summed E-state index contributed by atoms with van der Waals surface area (Å²) in [4.78, 5) is 19.0. The van der Waals surface area contributed by atoms with E-state index in [1.54, 1.807) is 23.4 Å². The molecule has 0 radical (unpaired) electrons. The van der Waals surface area contributed by atoms with E-state index in [4.69, 9.17) is 0 Å². The zero-order valence-electron chi connectivity index (χ0n) is 12.7. The van der Waals surface area contributed by atoms with Gasteiger partial charge in [-0.25, -0.2) is 0 Å². The van der Waals surface area contributed by atoms with Gasteiger partial charge >= 0.3 is 0 Å². The van der Waals surface area contributed by atoms with Crippen LogP contribution in [0.3, 0.4) is 0 Å². The monoisotopic (exact) mass is 424 g/mol. The van der Waals surface area contributed by atoms with Crippen molar-refractivity contribution in [2.24, 2.45) is 0 Å². The normalized spacial score (nSPS) is 15.4. The zero-order valence-corrected chi connectivity index (χ0v) is 14.8. The lowest BCUT2D eigenvalue weighted by molar-refractivity contribution is 0.101. The van der Waals surface area contributed by atoms with Crippen molar-refractivity contribution >= 4 is 43.5 Å². The molecule has 3 aromatic rings. The molecule has 24 heavy (non-hydrogen) atoms. The van der Waals surface area contributed by atoms with Crippen LogP contribution in [-0.4, -0.2) is 10.9 Å². The number of benzene rings is 2. The predicted molar refractivity (Wildman–Crippen MR) is 105 cm³/mol. The van der Waals surface area contributed by atoms with Crippen molar-refractivity contribution < 1.29 is 4.79 Å². The molecule has 1 aliphatic rings. The molecule has 116 valence electrons. The Labute approximate surface area is 153 Å². The smallest absolute Gasteiger partial charge is 0.263 e. The number of anilines is 1. The number of rotatable bonds is 2. The number of hydrogen-bond donors (Lipinski definition) is 0. The highest BCUT2D eigenvalue weighted by Gasteiger charge is 2.35. The lowest BCUT2D eigenvalue weighted by Crippen LogP contribution is -2.22. The van der Waals surface area contributed by atoms with Crippen LogP contribution >= 0.6 is 22.6 Å². The van der Waals surface area contributed by atoms with E-state index in [1.807, 2.05) is 48.5 Å². The van der Waals surface area contributed by atoms with E-state index in [1.165, 1.54) is 0 Å². The van der Waals surface area contributed by atoms with Crippen LogP contribution in [0.4, 0.5) is 5.69 Å². The van der Waals surface area contributed by atoms with E-state index in [0.29, 0.717) is 5.56 Å². The molecule has 0 bridgehead atoms.